The molecule has 1 N–H and O–H groups in total. The van der Waals surface area contributed by atoms with E-state index in [4.69, 9.17) is 0 Å². The Morgan fingerprint density at radius 2 is 1.64 bits per heavy atom. The zero-order valence-corrected chi connectivity index (χ0v) is 25.9. The molecular formula is C34H41N3O6S. The van der Waals surface area contributed by atoms with E-state index >= 15 is 0 Å². The number of sulfone groups is 1. The van der Waals surface area contributed by atoms with Gasteiger partial charge in [0.2, 0.25) is 0 Å². The van der Waals surface area contributed by atoms with Gasteiger partial charge in [-0.1, -0.05) is 72.8 Å². The third kappa shape index (κ3) is 9.24. The van der Waals surface area contributed by atoms with Gasteiger partial charge in [-0.05, 0) is 87.3 Å². The summed E-state index contributed by atoms with van der Waals surface area (Å²) in [6, 6.07) is 24.8. The predicted molar refractivity (Wildman–Crippen MR) is 171 cm³/mol. The van der Waals surface area contributed by atoms with Crippen molar-refractivity contribution in [3.63, 3.8) is 0 Å². The van der Waals surface area contributed by atoms with Crippen LogP contribution in [0.1, 0.15) is 49.7 Å². The molecule has 1 aliphatic rings. The topological polar surface area (TPSA) is 121 Å². The highest BCUT2D eigenvalue weighted by atomic mass is 32.2. The van der Waals surface area contributed by atoms with E-state index in [1.54, 1.807) is 36.4 Å². The van der Waals surface area contributed by atoms with Gasteiger partial charge in [-0.25, -0.2) is 13.2 Å². The van der Waals surface area contributed by atoms with Gasteiger partial charge >= 0.3 is 6.09 Å². The fourth-order valence-electron chi connectivity index (χ4n) is 5.76. The molecule has 2 atom stereocenters. The van der Waals surface area contributed by atoms with E-state index in [1.165, 1.54) is 17.0 Å². The molecule has 1 fully saturated rings. The molecule has 0 saturated carbocycles. The maximum Gasteiger partial charge on any atom is 0.407 e. The molecule has 3 aromatic rings. The Bertz CT molecular complexity index is 1490. The first-order valence-electron chi connectivity index (χ1n) is 15.1. The fourth-order valence-corrected chi connectivity index (χ4v) is 7.24. The van der Waals surface area contributed by atoms with Gasteiger partial charge < -0.3 is 14.9 Å². The number of hydrogen-bond donors (Lipinski definition) is 1. The van der Waals surface area contributed by atoms with E-state index in [1.807, 2.05) is 37.3 Å². The van der Waals surface area contributed by atoms with E-state index in [2.05, 4.69) is 23.1 Å². The molecule has 234 valence electrons. The Morgan fingerprint density at radius 1 is 1.02 bits per heavy atom. The summed E-state index contributed by atoms with van der Waals surface area (Å²) in [5, 5.41) is 20.0. The molecule has 0 aromatic heterocycles. The summed E-state index contributed by atoms with van der Waals surface area (Å²) < 4.78 is 26.5. The molecule has 1 saturated heterocycles. The molecule has 9 nitrogen and oxygen atoms in total. The summed E-state index contributed by atoms with van der Waals surface area (Å²) in [6.45, 7) is 4.96. The summed E-state index contributed by atoms with van der Waals surface area (Å²) in [5.74, 6) is 0.488. The van der Waals surface area contributed by atoms with E-state index in [0.29, 0.717) is 22.8 Å². The Kier molecular flexibility index (Phi) is 11.7. The Hall–Kier alpha value is -4.02. The van der Waals surface area contributed by atoms with Gasteiger partial charge in [0.15, 0.2) is 9.84 Å². The normalized spacial score (nSPS) is 16.0. The van der Waals surface area contributed by atoms with Crippen molar-refractivity contribution in [1.82, 2.24) is 9.80 Å². The maximum atomic E-state index is 13.3. The van der Waals surface area contributed by atoms with Crippen molar-refractivity contribution >= 4 is 21.6 Å². The molecule has 44 heavy (non-hydrogen) atoms. The summed E-state index contributed by atoms with van der Waals surface area (Å²) in [5.41, 5.74) is 1.83. The molecule has 1 aliphatic heterocycles. The fraction of sp³-hybridized carbons (Fsp3) is 0.382. The molecular weight excluding hydrogens is 578 g/mol. The number of allylic oxidation sites excluding steroid dienone is 1. The van der Waals surface area contributed by atoms with Crippen molar-refractivity contribution in [3.05, 3.63) is 118 Å². The number of non-ortho nitro benzene ring substituents is 1. The summed E-state index contributed by atoms with van der Waals surface area (Å²) in [4.78, 5) is 26.3. The monoisotopic (exact) mass is 619 g/mol. The third-order valence-corrected chi connectivity index (χ3v) is 10.6. The highest BCUT2D eigenvalue weighted by molar-refractivity contribution is 7.92. The van der Waals surface area contributed by atoms with E-state index < -0.39 is 26.1 Å². The van der Waals surface area contributed by atoms with Crippen LogP contribution in [-0.4, -0.2) is 65.8 Å². The number of amides is 1. The second kappa shape index (κ2) is 15.6. The van der Waals surface area contributed by atoms with Crippen LogP contribution in [0, 0.1) is 16.0 Å². The van der Waals surface area contributed by atoms with Crippen molar-refractivity contribution in [2.75, 3.05) is 26.2 Å². The van der Waals surface area contributed by atoms with Crippen LogP contribution in [0.3, 0.4) is 0 Å². The first-order chi connectivity index (χ1) is 21.1. The summed E-state index contributed by atoms with van der Waals surface area (Å²) in [6.07, 6.45) is 6.34. The van der Waals surface area contributed by atoms with E-state index in [-0.39, 0.29) is 24.7 Å². The molecule has 4 rings (SSSR count). The van der Waals surface area contributed by atoms with Gasteiger partial charge in [-0.3, -0.25) is 10.1 Å². The van der Waals surface area contributed by atoms with E-state index in [0.717, 1.165) is 44.5 Å². The largest absolute Gasteiger partial charge is 0.465 e. The lowest BCUT2D eigenvalue weighted by Crippen LogP contribution is -2.35. The minimum atomic E-state index is -3.42. The number of carboxylic acid groups (broad SMARTS) is 1. The number of nitro benzene ring substituents is 1. The Labute approximate surface area is 259 Å². The number of hydrogen-bond acceptors (Lipinski definition) is 6. The van der Waals surface area contributed by atoms with Gasteiger partial charge in [-0.15, -0.1) is 0 Å². The summed E-state index contributed by atoms with van der Waals surface area (Å²) >= 11 is 0. The smallest absolute Gasteiger partial charge is 0.407 e. The lowest BCUT2D eigenvalue weighted by molar-refractivity contribution is -0.384. The molecule has 1 amide bonds. The zero-order valence-electron chi connectivity index (χ0n) is 25.1. The molecule has 1 heterocycles. The number of benzene rings is 3. The quantitative estimate of drug-likeness (QED) is 0.120. The van der Waals surface area contributed by atoms with Gasteiger partial charge in [0, 0.05) is 25.2 Å². The second-order valence-electron chi connectivity index (χ2n) is 11.5. The van der Waals surface area contributed by atoms with Crippen LogP contribution in [-0.2, 0) is 16.4 Å². The van der Waals surface area contributed by atoms with Crippen LogP contribution >= 0.6 is 0 Å². The van der Waals surface area contributed by atoms with Crippen LogP contribution in [0.15, 0.2) is 102 Å². The SMILES string of the molecule is C[C@@H](C[C@@H](CCN1CCC(C=CCN(Cc2ccc([N+](=O)[O-])cc2)C(=O)O)CC1)c1ccccc1)S(=O)(=O)c1ccccc1. The van der Waals surface area contributed by atoms with Gasteiger partial charge in [-0.2, -0.15) is 0 Å². The lowest BCUT2D eigenvalue weighted by atomic mass is 9.90. The zero-order chi connectivity index (χ0) is 31.5. The average molecular weight is 620 g/mol. The first kappa shape index (κ1) is 32.9. The van der Waals surface area contributed by atoms with Crippen molar-refractivity contribution in [2.45, 2.75) is 55.2 Å². The van der Waals surface area contributed by atoms with Gasteiger partial charge in [0.05, 0.1) is 15.1 Å². The highest BCUT2D eigenvalue weighted by Gasteiger charge is 2.28. The number of carbonyl (C=O) groups is 1. The van der Waals surface area contributed by atoms with Crippen LogP contribution in [0.5, 0.6) is 0 Å². The average Bonchev–Trinajstić information content (AvgIpc) is 3.04. The number of piperidine rings is 1. The van der Waals surface area contributed by atoms with Crippen LogP contribution < -0.4 is 0 Å². The lowest BCUT2D eigenvalue weighted by Gasteiger charge is -2.32. The Morgan fingerprint density at radius 3 is 2.23 bits per heavy atom. The van der Waals surface area contributed by atoms with Crippen molar-refractivity contribution in [3.8, 4) is 0 Å². The highest BCUT2D eigenvalue weighted by Crippen LogP contribution is 2.30. The Balaban J connectivity index is 1.27. The van der Waals surface area contributed by atoms with Gasteiger partial charge in [0.1, 0.15) is 0 Å². The third-order valence-electron chi connectivity index (χ3n) is 8.44. The number of rotatable bonds is 14. The van der Waals surface area contributed by atoms with Crippen molar-refractivity contribution in [2.24, 2.45) is 5.92 Å². The number of likely N-dealkylation sites (tertiary alicyclic amines) is 1. The summed E-state index contributed by atoms with van der Waals surface area (Å²) in [7, 11) is -3.42. The van der Waals surface area contributed by atoms with Crippen LogP contribution in [0.4, 0.5) is 10.5 Å². The minimum Gasteiger partial charge on any atom is -0.465 e. The van der Waals surface area contributed by atoms with E-state index in [9.17, 15) is 28.4 Å². The molecule has 0 radical (unpaired) electrons. The second-order valence-corrected chi connectivity index (χ2v) is 13.9. The predicted octanol–water partition coefficient (Wildman–Crippen LogP) is 6.77. The molecule has 0 aliphatic carbocycles. The maximum absolute atomic E-state index is 13.3. The van der Waals surface area contributed by atoms with Crippen LogP contribution in [0.25, 0.3) is 0 Å². The molecule has 3 aromatic carbocycles. The standard InChI is InChI=1S/C34H41N3O6S/c1-27(44(42,43)33-12-6-3-7-13-33)25-31(30-10-4-2-5-11-30)20-24-35-22-18-28(19-23-35)9-8-21-36(34(38)39)26-29-14-16-32(17-15-29)37(40)41/h2-17,27-28,31H,18-26H2,1H3,(H,38,39)/t27-,31+/m0/s1. The van der Waals surface area contributed by atoms with Gasteiger partial charge in [0.25, 0.3) is 5.69 Å². The van der Waals surface area contributed by atoms with Crippen LogP contribution in [0.2, 0.25) is 0 Å². The molecule has 0 bridgehead atoms. The molecule has 0 unspecified atom stereocenters. The minimum absolute atomic E-state index is 0.0250. The van der Waals surface area contributed by atoms with Crippen molar-refractivity contribution in [1.29, 1.82) is 0 Å². The number of nitrogens with zero attached hydrogens (tertiary/aromatic N) is 3. The molecule has 10 heteroatoms. The first-order valence-corrected chi connectivity index (χ1v) is 16.6. The van der Waals surface area contributed by atoms with Crippen molar-refractivity contribution < 1.29 is 23.2 Å². The molecule has 0 spiro atoms. The number of nitro groups is 1.